The van der Waals surface area contributed by atoms with Gasteiger partial charge >= 0.3 is 5.97 Å². The number of hydrogen-bond donors (Lipinski definition) is 5. The van der Waals surface area contributed by atoms with Crippen LogP contribution in [-0.4, -0.2) is 80.4 Å². The van der Waals surface area contributed by atoms with Crippen molar-refractivity contribution in [2.24, 2.45) is 0 Å². The van der Waals surface area contributed by atoms with Crippen molar-refractivity contribution >= 4 is 66.3 Å². The van der Waals surface area contributed by atoms with Gasteiger partial charge < -0.3 is 36.3 Å². The van der Waals surface area contributed by atoms with Gasteiger partial charge in [0.2, 0.25) is 5.91 Å². The van der Waals surface area contributed by atoms with Crippen LogP contribution in [0.3, 0.4) is 0 Å². The molecule has 3 aliphatic heterocycles. The number of fused-ring (bicyclic) bond motifs is 9. The molecule has 0 bridgehead atoms. The van der Waals surface area contributed by atoms with E-state index < -0.39 is 70.3 Å². The van der Waals surface area contributed by atoms with Gasteiger partial charge in [-0.05, 0) is 104 Å². The summed E-state index contributed by atoms with van der Waals surface area (Å²) in [7, 11) is -7.66. The largest absolute Gasteiger partial charge is 0.497 e. The maximum atomic E-state index is 13.8. The van der Waals surface area contributed by atoms with Crippen molar-refractivity contribution in [3.63, 3.8) is 0 Å². The molecule has 0 saturated carbocycles. The zero-order chi connectivity index (χ0) is 49.2. The maximum absolute atomic E-state index is 13.8. The number of anilines is 2. The van der Waals surface area contributed by atoms with E-state index in [9.17, 15) is 35.8 Å². The van der Waals surface area contributed by atoms with E-state index in [1.54, 1.807) is 7.11 Å². The molecule has 21 heteroatoms. The summed E-state index contributed by atoms with van der Waals surface area (Å²) in [5.74, 6) is -1.06. The number of allylic oxidation sites excluding steroid dienone is 1. The zero-order valence-electron chi connectivity index (χ0n) is 37.2. The van der Waals surface area contributed by atoms with Crippen LogP contribution in [0.4, 0.5) is 11.4 Å². The van der Waals surface area contributed by atoms with E-state index in [0.717, 1.165) is 28.6 Å². The number of amides is 2. The summed E-state index contributed by atoms with van der Waals surface area (Å²) in [5.41, 5.74) is 13.0. The van der Waals surface area contributed by atoms with Crippen molar-refractivity contribution in [2.45, 2.75) is 53.9 Å². The number of methoxy groups -OCH3 is 1. The lowest BCUT2D eigenvalue weighted by Gasteiger charge is -2.38. The fraction of sp³-hybridized carbons (Fsp3) is 0.229. The Morgan fingerprint density at radius 1 is 0.841 bits per heavy atom. The van der Waals surface area contributed by atoms with Crippen LogP contribution in [0, 0.1) is 6.92 Å². The van der Waals surface area contributed by atoms with Gasteiger partial charge in [-0.2, -0.15) is 8.42 Å². The molecule has 0 fully saturated rings. The molecule has 356 valence electrons. The van der Waals surface area contributed by atoms with E-state index in [-0.39, 0.29) is 52.4 Å². The molecule has 7 N–H and O–H groups in total. The average molecular weight is 995 g/mol. The zero-order valence-corrected chi connectivity index (χ0v) is 39.6. The van der Waals surface area contributed by atoms with Gasteiger partial charge in [0, 0.05) is 64.5 Å². The predicted molar refractivity (Wildman–Crippen MR) is 254 cm³/mol. The van der Waals surface area contributed by atoms with E-state index in [1.165, 1.54) is 42.5 Å². The molecule has 18 nitrogen and oxygen atoms in total. The summed E-state index contributed by atoms with van der Waals surface area (Å²) in [4.78, 5) is 39.4. The molecule has 0 saturated heterocycles. The minimum absolute atomic E-state index is 0.00681. The second-order valence-electron chi connectivity index (χ2n) is 16.8. The number of rotatable bonds is 13. The molecule has 2 amide bonds. The number of unbranched alkanes of at least 4 members (excludes halogenated alkanes) is 2. The standard InChI is InChI=1S/C48H44ClN7O11S2/c1-25-54-55-45-28(22-31(26-7-10-29(49)11-8-26)32-24-30(65-2)12-18-39(32)56(25)45)23-40(57)52-19-5-4-6-20-53-46(58)27-9-13-34-33(21-27)47(59)67-48(34)35-14-16-37(50)43(68(3,60)61)41(35)66-42-36(48)15-17-38(51)44(42)69(62,63)64/h7-18,21-22,24,28H,4-6,19-20,23,50-51H2,1-3H3,(H,52,57)(H,53,58)(H,62,63,64)/t28-,48?/m0/s1. The van der Waals surface area contributed by atoms with Crippen molar-refractivity contribution in [1.29, 1.82) is 0 Å². The van der Waals surface area contributed by atoms with Gasteiger partial charge in [0.15, 0.2) is 31.8 Å². The topological polar surface area (TPSA) is 274 Å². The van der Waals surface area contributed by atoms with Gasteiger partial charge in [0.1, 0.15) is 22.3 Å². The number of nitrogens with one attached hydrogen (secondary N) is 2. The molecule has 3 aliphatic rings. The molecule has 9 rings (SSSR count). The molecular weight excluding hydrogens is 950 g/mol. The van der Waals surface area contributed by atoms with Crippen molar-refractivity contribution < 1.29 is 50.0 Å². The van der Waals surface area contributed by atoms with Crippen LogP contribution in [0.5, 0.6) is 17.2 Å². The fourth-order valence-electron chi connectivity index (χ4n) is 9.22. The lowest BCUT2D eigenvalue weighted by molar-refractivity contribution is -0.121. The predicted octanol–water partition coefficient (Wildman–Crippen LogP) is 6.26. The van der Waals surface area contributed by atoms with Crippen LogP contribution in [0.1, 0.15) is 91.8 Å². The lowest BCUT2D eigenvalue weighted by atomic mass is 9.77. The van der Waals surface area contributed by atoms with Gasteiger partial charge in [-0.25, -0.2) is 13.2 Å². The number of ether oxygens (including phenoxy) is 3. The first kappa shape index (κ1) is 46.8. The Morgan fingerprint density at radius 3 is 2.16 bits per heavy atom. The number of esters is 1. The highest BCUT2D eigenvalue weighted by molar-refractivity contribution is 7.91. The molecule has 1 unspecified atom stereocenters. The first-order chi connectivity index (χ1) is 32.8. The van der Waals surface area contributed by atoms with Crippen LogP contribution in [0.15, 0.2) is 101 Å². The third-order valence-corrected chi connectivity index (χ3v) is 14.7. The number of halogens is 1. The molecule has 6 aromatic rings. The molecule has 2 atom stereocenters. The first-order valence-electron chi connectivity index (χ1n) is 21.5. The van der Waals surface area contributed by atoms with Crippen LogP contribution in [0.2, 0.25) is 5.02 Å². The minimum Gasteiger partial charge on any atom is -0.497 e. The Morgan fingerprint density at radius 2 is 1.49 bits per heavy atom. The number of aromatic nitrogens is 3. The highest BCUT2D eigenvalue weighted by Crippen LogP contribution is 2.60. The lowest BCUT2D eigenvalue weighted by Crippen LogP contribution is -2.34. The van der Waals surface area contributed by atoms with Crippen molar-refractivity contribution in [1.82, 2.24) is 25.4 Å². The monoisotopic (exact) mass is 993 g/mol. The van der Waals surface area contributed by atoms with Crippen LogP contribution < -0.4 is 31.6 Å². The van der Waals surface area contributed by atoms with E-state index in [2.05, 4.69) is 20.8 Å². The van der Waals surface area contributed by atoms with Crippen molar-refractivity contribution in [3.8, 4) is 22.9 Å². The Bertz CT molecular complexity index is 3320. The average Bonchev–Trinajstić information content (AvgIpc) is 3.78. The van der Waals surface area contributed by atoms with Gasteiger partial charge in [-0.1, -0.05) is 35.9 Å². The normalized spacial score (nSPS) is 16.7. The Kier molecular flexibility index (Phi) is 12.0. The van der Waals surface area contributed by atoms with Gasteiger partial charge in [0.05, 0.1) is 29.7 Å². The van der Waals surface area contributed by atoms with Crippen LogP contribution >= 0.6 is 11.6 Å². The number of carbonyl (C=O) groups is 3. The highest BCUT2D eigenvalue weighted by atomic mass is 35.5. The SMILES string of the molecule is COc1ccc2c(c1)C(c1ccc(Cl)cc1)=C[C@@H](CC(=O)NCCCCCNC(=O)c1ccc3c(c1)C(=O)OC31c3ccc(N)c(S(C)(=O)=O)c3Oc3c1ccc(N)c3S(=O)(=O)O)c1nnc(C)n1-2. The molecule has 0 radical (unpaired) electrons. The number of carbonyl (C=O) groups excluding carboxylic acids is 3. The summed E-state index contributed by atoms with van der Waals surface area (Å²) in [5, 5.41) is 15.3. The molecule has 1 aromatic heterocycles. The smallest absolute Gasteiger partial charge is 0.340 e. The van der Waals surface area contributed by atoms with Crippen LogP contribution in [0.25, 0.3) is 11.3 Å². The van der Waals surface area contributed by atoms with E-state index in [0.29, 0.717) is 48.2 Å². The highest BCUT2D eigenvalue weighted by Gasteiger charge is 2.56. The van der Waals surface area contributed by atoms with Crippen LogP contribution in [-0.2, 0) is 35.1 Å². The molecule has 5 aromatic carbocycles. The van der Waals surface area contributed by atoms with Gasteiger partial charge in [-0.3, -0.25) is 18.7 Å². The molecule has 0 aliphatic carbocycles. The number of benzene rings is 5. The van der Waals surface area contributed by atoms with Crippen molar-refractivity contribution in [3.05, 3.63) is 147 Å². The number of aryl methyl sites for hydroxylation is 1. The first-order valence-corrected chi connectivity index (χ1v) is 25.2. The number of hydrogen-bond acceptors (Lipinski definition) is 14. The number of sulfone groups is 1. The summed E-state index contributed by atoms with van der Waals surface area (Å²) in [6, 6.07) is 22.7. The molecule has 1 spiro atoms. The number of nitrogen functional groups attached to an aromatic ring is 2. The van der Waals surface area contributed by atoms with Crippen molar-refractivity contribution in [2.75, 3.05) is 37.9 Å². The molecule has 69 heavy (non-hydrogen) atoms. The third kappa shape index (κ3) is 8.32. The van der Waals surface area contributed by atoms with E-state index in [4.69, 9.17) is 37.3 Å². The number of nitrogens with two attached hydrogens (primary N) is 2. The van der Waals surface area contributed by atoms with E-state index >= 15 is 0 Å². The maximum Gasteiger partial charge on any atom is 0.340 e. The second kappa shape index (κ2) is 17.7. The summed E-state index contributed by atoms with van der Waals surface area (Å²) < 4.78 is 81.4. The molecular formula is C48H44ClN7O11S2. The quantitative estimate of drug-likeness (QED) is 0.0370. The summed E-state index contributed by atoms with van der Waals surface area (Å²) in [6.07, 6.45) is 4.86. The third-order valence-electron chi connectivity index (χ3n) is 12.3. The fourth-order valence-corrected chi connectivity index (χ4v) is 11.1. The summed E-state index contributed by atoms with van der Waals surface area (Å²) in [6.45, 7) is 2.52. The summed E-state index contributed by atoms with van der Waals surface area (Å²) >= 11 is 6.25. The van der Waals surface area contributed by atoms with Gasteiger partial charge in [-0.15, -0.1) is 10.2 Å². The van der Waals surface area contributed by atoms with E-state index in [1.807, 2.05) is 60.0 Å². The number of nitrogens with zero attached hydrogens (tertiary/aromatic N) is 3. The Balaban J connectivity index is 0.867. The Hall–Kier alpha value is -7.26. The minimum atomic E-state index is -5.10. The van der Waals surface area contributed by atoms with Gasteiger partial charge in [0.25, 0.3) is 16.0 Å². The Labute approximate surface area is 401 Å². The molecule has 4 heterocycles. The second-order valence-corrected chi connectivity index (χ2v) is 20.5.